The molecule has 0 aliphatic heterocycles. The van der Waals surface area contributed by atoms with Crippen LogP contribution in [0.5, 0.6) is 0 Å². The van der Waals surface area contributed by atoms with Crippen molar-refractivity contribution in [2.75, 3.05) is 6.61 Å². The summed E-state index contributed by atoms with van der Waals surface area (Å²) in [4.78, 5) is 11.4. The van der Waals surface area contributed by atoms with Gasteiger partial charge in [0.25, 0.3) is 0 Å². The third-order valence-electron chi connectivity index (χ3n) is 2.14. The predicted molar refractivity (Wildman–Crippen MR) is 67.7 cm³/mol. The molecule has 0 aromatic rings. The maximum atomic E-state index is 11.4. The third kappa shape index (κ3) is 8.42. The second-order valence-corrected chi connectivity index (χ2v) is 7.11. The van der Waals surface area contributed by atoms with Crippen LogP contribution in [-0.4, -0.2) is 21.4 Å². The number of carbonyl (C=O) groups excluding carboxylic acids is 1. The molecule has 0 heterocycles. The molecule has 0 atom stereocenters. The van der Waals surface area contributed by atoms with Gasteiger partial charge in [-0.05, 0) is 13.3 Å². The van der Waals surface area contributed by atoms with E-state index in [2.05, 4.69) is 25.7 Å². The Hall–Kier alpha value is -0.573. The van der Waals surface area contributed by atoms with E-state index < -0.39 is 8.80 Å². The van der Waals surface area contributed by atoms with Crippen LogP contribution >= 0.6 is 0 Å². The SMILES string of the molecule is CCCCCCOC(=O)C(C)=C[SiH](C)C. The number of ether oxygens (including phenoxy) is 1. The van der Waals surface area contributed by atoms with Gasteiger partial charge in [-0.25, -0.2) is 4.79 Å². The first kappa shape index (κ1) is 14.4. The second-order valence-electron chi connectivity index (χ2n) is 4.29. The normalized spacial score (nSPS) is 11.9. The van der Waals surface area contributed by atoms with Crippen molar-refractivity contribution in [1.29, 1.82) is 0 Å². The number of rotatable bonds is 7. The molecule has 0 unspecified atom stereocenters. The van der Waals surface area contributed by atoms with Crippen LogP contribution in [-0.2, 0) is 9.53 Å². The zero-order valence-corrected chi connectivity index (χ0v) is 11.7. The summed E-state index contributed by atoms with van der Waals surface area (Å²) in [6, 6.07) is 0. The highest BCUT2D eigenvalue weighted by Crippen LogP contribution is 2.02. The van der Waals surface area contributed by atoms with Gasteiger partial charge in [-0.1, -0.05) is 45.0 Å². The van der Waals surface area contributed by atoms with Crippen molar-refractivity contribution in [1.82, 2.24) is 0 Å². The van der Waals surface area contributed by atoms with Crippen molar-refractivity contribution < 1.29 is 9.53 Å². The summed E-state index contributed by atoms with van der Waals surface area (Å²) in [5, 5.41) is 0. The lowest BCUT2D eigenvalue weighted by Gasteiger charge is -2.05. The summed E-state index contributed by atoms with van der Waals surface area (Å²) in [7, 11) is -0.800. The van der Waals surface area contributed by atoms with Crippen LogP contribution in [0.25, 0.3) is 0 Å². The maximum Gasteiger partial charge on any atom is 0.332 e. The van der Waals surface area contributed by atoms with Crippen molar-refractivity contribution in [2.24, 2.45) is 0 Å². The van der Waals surface area contributed by atoms with E-state index in [1.54, 1.807) is 0 Å². The molecule has 0 spiro atoms. The van der Waals surface area contributed by atoms with Crippen molar-refractivity contribution in [3.05, 3.63) is 11.3 Å². The monoisotopic (exact) mass is 228 g/mol. The lowest BCUT2D eigenvalue weighted by molar-refractivity contribution is -0.139. The molecule has 0 radical (unpaired) electrons. The van der Waals surface area contributed by atoms with Crippen molar-refractivity contribution in [2.45, 2.75) is 52.6 Å². The van der Waals surface area contributed by atoms with Gasteiger partial charge < -0.3 is 4.74 Å². The van der Waals surface area contributed by atoms with Gasteiger partial charge in [0, 0.05) is 5.57 Å². The van der Waals surface area contributed by atoms with E-state index in [4.69, 9.17) is 4.74 Å². The van der Waals surface area contributed by atoms with Gasteiger partial charge in [0.15, 0.2) is 0 Å². The molecule has 0 saturated heterocycles. The van der Waals surface area contributed by atoms with Gasteiger partial charge in [-0.15, -0.1) is 0 Å². The van der Waals surface area contributed by atoms with Crippen molar-refractivity contribution in [3.63, 3.8) is 0 Å². The highest BCUT2D eigenvalue weighted by Gasteiger charge is 2.05. The highest BCUT2D eigenvalue weighted by atomic mass is 28.3. The second kappa shape index (κ2) is 8.71. The van der Waals surface area contributed by atoms with Gasteiger partial charge in [-0.2, -0.15) is 0 Å². The molecule has 0 aromatic carbocycles. The molecule has 0 aliphatic carbocycles. The average molecular weight is 228 g/mol. The van der Waals surface area contributed by atoms with Crippen molar-refractivity contribution >= 4 is 14.8 Å². The van der Waals surface area contributed by atoms with Gasteiger partial charge in [-0.3, -0.25) is 0 Å². The number of carbonyl (C=O) groups is 1. The van der Waals surface area contributed by atoms with Crippen LogP contribution < -0.4 is 0 Å². The van der Waals surface area contributed by atoms with Gasteiger partial charge in [0.2, 0.25) is 0 Å². The highest BCUT2D eigenvalue weighted by molar-refractivity contribution is 6.61. The molecule has 2 nitrogen and oxygen atoms in total. The summed E-state index contributed by atoms with van der Waals surface area (Å²) in [5.74, 6) is -0.132. The fourth-order valence-electron chi connectivity index (χ4n) is 1.38. The van der Waals surface area contributed by atoms with E-state index in [0.29, 0.717) is 6.61 Å². The fraction of sp³-hybridized carbons (Fsp3) is 0.750. The van der Waals surface area contributed by atoms with Gasteiger partial charge >= 0.3 is 5.97 Å². The Labute approximate surface area is 95.3 Å². The minimum atomic E-state index is -0.800. The van der Waals surface area contributed by atoms with E-state index in [1.165, 1.54) is 12.8 Å². The Balaban J connectivity index is 3.65. The van der Waals surface area contributed by atoms with Crippen LogP contribution in [0.2, 0.25) is 13.1 Å². The molecule has 0 saturated carbocycles. The average Bonchev–Trinajstić information content (AvgIpc) is 2.16. The molecule has 0 aliphatic rings. The molecule has 0 bridgehead atoms. The maximum absolute atomic E-state index is 11.4. The Kier molecular flexibility index (Phi) is 8.38. The number of hydrogen-bond donors (Lipinski definition) is 0. The molecular formula is C12H24O2Si. The lowest BCUT2D eigenvalue weighted by atomic mass is 10.2. The van der Waals surface area contributed by atoms with Gasteiger partial charge in [0.1, 0.15) is 0 Å². The predicted octanol–water partition coefficient (Wildman–Crippen LogP) is 3.08. The molecule has 0 aromatic heterocycles. The first-order chi connectivity index (χ1) is 7.07. The van der Waals surface area contributed by atoms with E-state index in [0.717, 1.165) is 18.4 Å². The largest absolute Gasteiger partial charge is 0.462 e. The Bertz CT molecular complexity index is 210. The topological polar surface area (TPSA) is 26.3 Å². The summed E-state index contributed by atoms with van der Waals surface area (Å²) in [5.41, 5.74) is 2.86. The van der Waals surface area contributed by atoms with Crippen LogP contribution in [0.3, 0.4) is 0 Å². The standard InChI is InChI=1S/C12H24O2Si/c1-5-6-7-8-9-14-12(13)11(2)10-15(3)4/h10,15H,5-9H2,1-4H3. The van der Waals surface area contributed by atoms with E-state index in [-0.39, 0.29) is 5.97 Å². The number of hydrogen-bond acceptors (Lipinski definition) is 2. The molecule has 0 N–H and O–H groups in total. The zero-order valence-electron chi connectivity index (χ0n) is 10.5. The van der Waals surface area contributed by atoms with E-state index in [1.807, 2.05) is 6.92 Å². The van der Waals surface area contributed by atoms with Crippen LogP contribution in [0, 0.1) is 0 Å². The summed E-state index contributed by atoms with van der Waals surface area (Å²) in [6.07, 6.45) is 4.59. The summed E-state index contributed by atoms with van der Waals surface area (Å²) < 4.78 is 5.17. The lowest BCUT2D eigenvalue weighted by Crippen LogP contribution is -2.09. The Morgan fingerprint density at radius 1 is 1.27 bits per heavy atom. The molecule has 0 rings (SSSR count). The van der Waals surface area contributed by atoms with Crippen LogP contribution in [0.4, 0.5) is 0 Å². The fourth-order valence-corrected chi connectivity index (χ4v) is 2.51. The van der Waals surface area contributed by atoms with Crippen LogP contribution in [0.15, 0.2) is 11.3 Å². The van der Waals surface area contributed by atoms with E-state index >= 15 is 0 Å². The Morgan fingerprint density at radius 3 is 2.47 bits per heavy atom. The molecule has 0 amide bonds. The summed E-state index contributed by atoms with van der Waals surface area (Å²) in [6.45, 7) is 8.98. The quantitative estimate of drug-likeness (QED) is 0.290. The minimum Gasteiger partial charge on any atom is -0.462 e. The van der Waals surface area contributed by atoms with Crippen molar-refractivity contribution in [3.8, 4) is 0 Å². The molecular weight excluding hydrogens is 204 g/mol. The third-order valence-corrected chi connectivity index (χ3v) is 3.30. The Morgan fingerprint density at radius 2 is 1.93 bits per heavy atom. The summed E-state index contributed by atoms with van der Waals surface area (Å²) >= 11 is 0. The first-order valence-electron chi connectivity index (χ1n) is 5.93. The first-order valence-corrected chi connectivity index (χ1v) is 8.91. The smallest absolute Gasteiger partial charge is 0.332 e. The molecule has 3 heteroatoms. The molecule has 0 fully saturated rings. The number of unbranched alkanes of at least 4 members (excludes halogenated alkanes) is 3. The van der Waals surface area contributed by atoms with Crippen LogP contribution in [0.1, 0.15) is 39.5 Å². The minimum absolute atomic E-state index is 0.132. The molecule has 88 valence electrons. The zero-order chi connectivity index (χ0) is 11.7. The number of esters is 1. The van der Waals surface area contributed by atoms with Gasteiger partial charge in [0.05, 0.1) is 15.4 Å². The van der Waals surface area contributed by atoms with E-state index in [9.17, 15) is 4.79 Å². The molecule has 15 heavy (non-hydrogen) atoms.